The van der Waals surface area contributed by atoms with E-state index in [2.05, 4.69) is 42.1 Å². The van der Waals surface area contributed by atoms with Gasteiger partial charge < -0.3 is 9.47 Å². The highest BCUT2D eigenvalue weighted by Gasteiger charge is 2.37. The molecule has 2 unspecified atom stereocenters. The van der Waals surface area contributed by atoms with Gasteiger partial charge in [0.25, 0.3) is 0 Å². The second kappa shape index (κ2) is 11.8. The van der Waals surface area contributed by atoms with Gasteiger partial charge in [0.2, 0.25) is 10.0 Å². The number of benzene rings is 1. The maximum Gasteiger partial charge on any atom is 0.211 e. The number of hydrogen-bond donors (Lipinski definition) is 1. The first-order chi connectivity index (χ1) is 19.4. The highest BCUT2D eigenvalue weighted by molar-refractivity contribution is 7.88. The van der Waals surface area contributed by atoms with Crippen molar-refractivity contribution in [2.75, 3.05) is 59.3 Å². The molecule has 214 valence electrons. The summed E-state index contributed by atoms with van der Waals surface area (Å²) >= 11 is 1.73. The predicted molar refractivity (Wildman–Crippen MR) is 155 cm³/mol. The number of thiophene rings is 1. The van der Waals surface area contributed by atoms with Crippen LogP contribution in [0.3, 0.4) is 0 Å². The van der Waals surface area contributed by atoms with Gasteiger partial charge in [0, 0.05) is 62.3 Å². The van der Waals surface area contributed by atoms with Crippen molar-refractivity contribution in [1.82, 2.24) is 34.3 Å². The van der Waals surface area contributed by atoms with Crippen LogP contribution in [-0.2, 0) is 19.5 Å². The molecule has 4 aromatic rings. The summed E-state index contributed by atoms with van der Waals surface area (Å²) in [4.78, 5) is 14.9. The third-order valence-electron chi connectivity index (χ3n) is 7.97. The summed E-state index contributed by atoms with van der Waals surface area (Å²) in [6.45, 7) is 4.49. The molecule has 0 bridgehead atoms. The van der Waals surface area contributed by atoms with Crippen molar-refractivity contribution in [2.24, 2.45) is 0 Å². The average Bonchev–Trinajstić information content (AvgIpc) is 3.61. The highest BCUT2D eigenvalue weighted by Crippen LogP contribution is 2.39. The van der Waals surface area contributed by atoms with Gasteiger partial charge >= 0.3 is 0 Å². The number of methoxy groups -OCH3 is 1. The van der Waals surface area contributed by atoms with E-state index >= 15 is 0 Å². The fraction of sp³-hybridized carbons (Fsp3) is 0.519. The number of aromatic nitrogens is 4. The van der Waals surface area contributed by atoms with Crippen LogP contribution in [0, 0.1) is 0 Å². The van der Waals surface area contributed by atoms with Crippen LogP contribution in [0.1, 0.15) is 35.6 Å². The van der Waals surface area contributed by atoms with Crippen LogP contribution in [0.15, 0.2) is 43.0 Å². The minimum atomic E-state index is -3.33. The van der Waals surface area contributed by atoms with Crippen LogP contribution >= 0.6 is 11.3 Å². The van der Waals surface area contributed by atoms with Gasteiger partial charge in [-0.25, -0.2) is 18.4 Å². The number of hydrogen-bond acceptors (Lipinski definition) is 10. The second-order valence-corrected chi connectivity index (χ2v) is 13.5. The zero-order chi connectivity index (χ0) is 27.7. The predicted octanol–water partition coefficient (Wildman–Crippen LogP) is 3.01. The van der Waals surface area contributed by atoms with Crippen molar-refractivity contribution in [1.29, 1.82) is 0 Å². The van der Waals surface area contributed by atoms with Crippen molar-refractivity contribution in [2.45, 2.75) is 31.2 Å². The maximum atomic E-state index is 12.6. The summed E-state index contributed by atoms with van der Waals surface area (Å²) in [6.07, 6.45) is 8.11. The molecule has 2 atom stereocenters. The molecule has 0 spiro atoms. The van der Waals surface area contributed by atoms with Crippen LogP contribution in [-0.4, -0.2) is 108 Å². The molecule has 1 aromatic carbocycles. The first-order valence-electron chi connectivity index (χ1n) is 13.6. The van der Waals surface area contributed by atoms with E-state index in [9.17, 15) is 8.42 Å². The van der Waals surface area contributed by atoms with Crippen LogP contribution in [0.5, 0.6) is 0 Å². The molecule has 11 nitrogen and oxygen atoms in total. The molecule has 6 rings (SSSR count). The molecule has 2 aliphatic rings. The fourth-order valence-electron chi connectivity index (χ4n) is 6.09. The Morgan fingerprint density at radius 2 is 2.08 bits per heavy atom. The monoisotopic (exact) mass is 585 g/mol. The number of fused-ring (bicyclic) bond motifs is 2. The molecule has 0 aliphatic carbocycles. The van der Waals surface area contributed by atoms with E-state index in [1.54, 1.807) is 29.1 Å². The zero-order valence-corrected chi connectivity index (χ0v) is 24.4. The zero-order valence-electron chi connectivity index (χ0n) is 22.8. The molecule has 5 heterocycles. The summed E-state index contributed by atoms with van der Waals surface area (Å²) < 4.78 is 39.4. The number of likely N-dealkylation sites (tertiary alicyclic amines) is 1. The van der Waals surface area contributed by atoms with Crippen LogP contribution in [0.25, 0.3) is 21.1 Å². The SMILES string of the molecule is COCCN(C1CCN(C(c2cc3ncncc3s2)N2CCOC(c3cccc4[nH]ncc34)C2)CC1)S(C)(=O)=O. The number of sulfonamides is 1. The van der Waals surface area contributed by atoms with E-state index in [1.807, 2.05) is 24.5 Å². The molecule has 2 fully saturated rings. The third kappa shape index (κ3) is 5.64. The summed E-state index contributed by atoms with van der Waals surface area (Å²) in [7, 11) is -1.73. The van der Waals surface area contributed by atoms with E-state index < -0.39 is 10.0 Å². The number of piperidine rings is 1. The summed E-state index contributed by atoms with van der Waals surface area (Å²) in [5.74, 6) is 0. The lowest BCUT2D eigenvalue weighted by atomic mass is 10.0. The van der Waals surface area contributed by atoms with Crippen LogP contribution < -0.4 is 0 Å². The number of aromatic amines is 1. The normalized spacial score (nSPS) is 21.0. The van der Waals surface area contributed by atoms with Gasteiger partial charge in [-0.2, -0.15) is 9.40 Å². The Kier molecular flexibility index (Phi) is 8.13. The lowest BCUT2D eigenvalue weighted by molar-refractivity contribution is -0.0820. The number of ether oxygens (including phenoxy) is 2. The molecule has 1 N–H and O–H groups in total. The topological polar surface area (TPSA) is 117 Å². The Morgan fingerprint density at radius 3 is 2.85 bits per heavy atom. The third-order valence-corrected chi connectivity index (χ3v) is 10.4. The number of nitrogens with zero attached hydrogens (tertiary/aromatic N) is 6. The van der Waals surface area contributed by atoms with Gasteiger partial charge in [-0.05, 0) is 30.5 Å². The van der Waals surface area contributed by atoms with E-state index in [-0.39, 0.29) is 18.3 Å². The summed E-state index contributed by atoms with van der Waals surface area (Å²) in [6, 6.07) is 8.35. The Morgan fingerprint density at radius 1 is 1.23 bits per heavy atom. The van der Waals surface area contributed by atoms with Gasteiger partial charge in [0.1, 0.15) is 6.33 Å². The molecular weight excluding hydrogens is 550 g/mol. The van der Waals surface area contributed by atoms with Crippen molar-refractivity contribution in [3.05, 3.63) is 53.4 Å². The number of nitrogens with one attached hydrogen (secondary N) is 1. The summed E-state index contributed by atoms with van der Waals surface area (Å²) in [5, 5.41) is 8.40. The number of morpholine rings is 1. The molecule has 2 aliphatic heterocycles. The van der Waals surface area contributed by atoms with Gasteiger partial charge in [0.05, 0.1) is 53.7 Å². The number of H-pyrrole nitrogens is 1. The summed E-state index contributed by atoms with van der Waals surface area (Å²) in [5.41, 5.74) is 3.09. The van der Waals surface area contributed by atoms with E-state index in [0.717, 1.165) is 65.7 Å². The molecule has 13 heteroatoms. The largest absolute Gasteiger partial charge is 0.383 e. The standard InChI is InChI=1S/C27H35N7O4S2/c1-37-12-11-34(40(2,35)36)19-6-8-32(9-7-19)27(25-14-23-26(39-25)16-28-18-29-23)33-10-13-38-24(17-33)20-4-3-5-22-21(20)15-30-31-22/h3-5,14-16,18-19,24,27H,6-13,17H2,1-2H3,(H,30,31). The lowest BCUT2D eigenvalue weighted by Crippen LogP contribution is -2.53. The van der Waals surface area contributed by atoms with Gasteiger partial charge in [-0.1, -0.05) is 12.1 Å². The van der Waals surface area contributed by atoms with Gasteiger partial charge in [0.15, 0.2) is 0 Å². The smallest absolute Gasteiger partial charge is 0.211 e. The van der Waals surface area contributed by atoms with Crippen molar-refractivity contribution >= 4 is 42.5 Å². The average molecular weight is 586 g/mol. The molecule has 2 saturated heterocycles. The molecule has 40 heavy (non-hydrogen) atoms. The molecular formula is C27H35N7O4S2. The van der Waals surface area contributed by atoms with Crippen molar-refractivity contribution < 1.29 is 17.9 Å². The maximum absolute atomic E-state index is 12.6. The minimum Gasteiger partial charge on any atom is -0.383 e. The second-order valence-electron chi connectivity index (χ2n) is 10.5. The van der Waals surface area contributed by atoms with E-state index in [0.29, 0.717) is 19.8 Å². The number of rotatable bonds is 9. The molecule has 0 radical (unpaired) electrons. The molecule has 0 amide bonds. The van der Waals surface area contributed by atoms with Gasteiger partial charge in [-0.15, -0.1) is 11.3 Å². The molecule has 0 saturated carbocycles. The Hall–Kier alpha value is -2.52. The first-order valence-corrected chi connectivity index (χ1v) is 16.3. The molecule has 3 aromatic heterocycles. The lowest BCUT2D eigenvalue weighted by Gasteiger charge is -2.46. The fourth-order valence-corrected chi connectivity index (χ4v) is 8.41. The van der Waals surface area contributed by atoms with Crippen LogP contribution in [0.2, 0.25) is 0 Å². The minimum absolute atomic E-state index is 0.0285. The highest BCUT2D eigenvalue weighted by atomic mass is 32.2. The Balaban J connectivity index is 1.27. The quantitative estimate of drug-likeness (QED) is 0.316. The van der Waals surface area contributed by atoms with Crippen molar-refractivity contribution in [3.8, 4) is 0 Å². The Bertz CT molecular complexity index is 1520. The van der Waals surface area contributed by atoms with E-state index in [4.69, 9.17) is 9.47 Å². The Labute approximate surface area is 238 Å². The first kappa shape index (κ1) is 27.6. The van der Waals surface area contributed by atoms with E-state index in [1.165, 1.54) is 11.1 Å². The van der Waals surface area contributed by atoms with Crippen LogP contribution in [0.4, 0.5) is 0 Å². The van der Waals surface area contributed by atoms with Gasteiger partial charge in [-0.3, -0.25) is 14.9 Å². The van der Waals surface area contributed by atoms with Crippen molar-refractivity contribution in [3.63, 3.8) is 0 Å².